The lowest BCUT2D eigenvalue weighted by Crippen LogP contribution is -2.40. The van der Waals surface area contributed by atoms with Gasteiger partial charge >= 0.3 is 0 Å². The van der Waals surface area contributed by atoms with Gasteiger partial charge in [0, 0.05) is 110 Å². The molecule has 0 aliphatic carbocycles. The van der Waals surface area contributed by atoms with Crippen molar-refractivity contribution in [1.82, 2.24) is 29.2 Å². The highest BCUT2D eigenvalue weighted by molar-refractivity contribution is 8.13. The third kappa shape index (κ3) is 21.7. The molecule has 15 rings (SSSR count). The summed E-state index contributed by atoms with van der Waals surface area (Å²) in [4.78, 5) is 73.3. The quantitative estimate of drug-likeness (QED) is 0.0622. The van der Waals surface area contributed by atoms with E-state index in [-0.39, 0.29) is 102 Å². The van der Waals surface area contributed by atoms with Crippen molar-refractivity contribution in [2.75, 3.05) is 45.5 Å². The number of amides is 5. The molecule has 0 bridgehead atoms. The van der Waals surface area contributed by atoms with Gasteiger partial charge in [-0.1, -0.05) is 207 Å². The van der Waals surface area contributed by atoms with Crippen LogP contribution < -0.4 is 10.5 Å². The first kappa shape index (κ1) is 94.7. The van der Waals surface area contributed by atoms with Gasteiger partial charge in [-0.25, -0.2) is 21.6 Å². The van der Waals surface area contributed by atoms with E-state index in [0.29, 0.717) is 154 Å². The Balaban J connectivity index is 0.000000149. The Bertz CT molecular complexity index is 5480. The number of carbonyl (C=O) groups is 5. The molecular weight excluding hydrogens is 1820 g/mol. The monoisotopic (exact) mass is 1900 g/mol. The van der Waals surface area contributed by atoms with E-state index in [9.17, 15) is 51.0 Å². The molecule has 5 aliphatic rings. The number of benzene rings is 10. The molecule has 0 radical (unpaired) electrons. The molecule has 5 aliphatic heterocycles. The minimum absolute atomic E-state index is 0.00369. The Kier molecular flexibility index (Phi) is 32.1. The molecule has 0 aromatic heterocycles. The smallest absolute Gasteiger partial charge is 0.261 e. The average molecular weight is 1910 g/mol. The number of anilines is 1. The molecule has 5 atom stereocenters. The number of phenolic OH excluding ortho intramolecular Hbond substituents is 2. The summed E-state index contributed by atoms with van der Waals surface area (Å²) in [6.45, 7) is 12.4. The molecule has 122 heavy (non-hydrogen) atoms. The number of phenols is 2. The highest BCUT2D eigenvalue weighted by atomic mass is 35.7. The molecule has 10 aromatic rings. The number of aromatic hydroxyl groups is 2. The van der Waals surface area contributed by atoms with Gasteiger partial charge in [-0.2, -0.15) is 0 Å². The fraction of sp³-hybridized carbons (Fsp3) is 0.286. The van der Waals surface area contributed by atoms with Crippen LogP contribution in [0.3, 0.4) is 0 Å². The van der Waals surface area contributed by atoms with Crippen molar-refractivity contribution < 1.29 is 51.0 Å². The van der Waals surface area contributed by atoms with Crippen LogP contribution in [0.25, 0.3) is 0 Å². The van der Waals surface area contributed by atoms with E-state index in [1.165, 1.54) is 13.1 Å². The van der Waals surface area contributed by atoms with Crippen LogP contribution in [0.15, 0.2) is 192 Å². The number of rotatable bonds is 13. The Morgan fingerprint density at radius 2 is 0.533 bits per heavy atom. The lowest BCUT2D eigenvalue weighted by Gasteiger charge is -2.36. The summed E-state index contributed by atoms with van der Waals surface area (Å²) in [5.41, 5.74) is 19.3. The minimum atomic E-state index is -3.83. The van der Waals surface area contributed by atoms with Gasteiger partial charge in [0.15, 0.2) is 0 Å². The van der Waals surface area contributed by atoms with Gasteiger partial charge in [0.25, 0.3) is 9.05 Å². The summed E-state index contributed by atoms with van der Waals surface area (Å²) in [6.07, 6.45) is 3.71. The maximum atomic E-state index is 12.9. The van der Waals surface area contributed by atoms with Crippen LogP contribution in [0.1, 0.15) is 148 Å². The molecule has 5 amide bonds. The fourth-order valence-corrected chi connectivity index (χ4v) is 21.2. The first-order valence-electron chi connectivity index (χ1n) is 39.1. The van der Waals surface area contributed by atoms with E-state index < -0.39 is 19.1 Å². The summed E-state index contributed by atoms with van der Waals surface area (Å²) in [6, 6.07) is 52.3. The van der Waals surface area contributed by atoms with Crippen LogP contribution in [0.5, 0.6) is 11.5 Å². The van der Waals surface area contributed by atoms with Crippen LogP contribution in [0, 0.1) is 0 Å². The molecule has 5 N–H and O–H groups in total. The lowest BCUT2D eigenvalue weighted by atomic mass is 9.92. The van der Waals surface area contributed by atoms with Crippen LogP contribution in [0.4, 0.5) is 5.69 Å². The standard InChI is InChI=1S/C19H20Cl2N2O3S.C18H16Cl3NO3S.C18H18Cl2N2O.2C18H17Cl2NO2/c1-12-13-5-3-8-18(27(25,26)22-2)14(13)9-10-23(12)19(24)11-15-16(20)6-4-7-17(15)21;1-11-12-4-2-7-17(26(21,24)25)13(12)8-9-22(11)18(23)10-14-15(19)5-3-6-16(14)20;1-11-12-4-2-7-17(21)13(12)8-9-22(11)18(23)10-14-15(19)5-3-6-16(14)20;2*1-11-12-4-2-7-17(22)13(12)8-9-21(11)18(23)10-14-15(19)5-3-6-16(14)20/h3-8,12,22H,9-11H2,1-2H3;2-7,11H,8-10H2,1H3;2-7,11H,8-10,21H2,1H3;2*2-7,11,22H,8-10H2,1H3/t12-;4*11-/m00000/s1. The summed E-state index contributed by atoms with van der Waals surface area (Å²) >= 11 is 61.7. The minimum Gasteiger partial charge on any atom is -0.508 e. The number of halogens is 11. The van der Waals surface area contributed by atoms with Crippen LogP contribution in [0.2, 0.25) is 50.2 Å². The van der Waals surface area contributed by atoms with Crippen molar-refractivity contribution in [3.8, 4) is 11.5 Å². The number of nitrogens with two attached hydrogens (primary N) is 1. The Hall–Kier alpha value is -8.00. The number of carbonyl (C=O) groups excluding carboxylic acids is 5. The normalized spacial score (nSPS) is 17.0. The second-order valence-corrected chi connectivity index (χ2v) is 38.3. The largest absolute Gasteiger partial charge is 0.508 e. The highest BCUT2D eigenvalue weighted by Crippen LogP contribution is 2.42. The first-order valence-corrected chi connectivity index (χ1v) is 46.7. The van der Waals surface area contributed by atoms with Gasteiger partial charge < -0.3 is 40.4 Å². The second kappa shape index (κ2) is 41.4. The van der Waals surface area contributed by atoms with Gasteiger partial charge in [0.1, 0.15) is 11.5 Å². The van der Waals surface area contributed by atoms with Gasteiger partial charge in [-0.3, -0.25) is 24.0 Å². The SMILES string of the molecule is CNS(=O)(=O)c1cccc2c1CCN(C(=O)Cc1c(Cl)cccc1Cl)[C@H]2C.C[C@H]1c2cccc(N)c2CCN1C(=O)Cc1c(Cl)cccc1Cl.C[C@H]1c2cccc(O)c2CCN1C(=O)Cc1c(Cl)cccc1Cl.C[C@H]1c2cccc(O)c2CCN1C(=O)Cc1c(Cl)cccc1Cl.C[C@H]1c2cccc(S(=O)(=O)Cl)c2CCN1C(=O)Cc1c(Cl)cccc1Cl. The maximum Gasteiger partial charge on any atom is 0.261 e. The Labute approximate surface area is 766 Å². The number of nitrogen functional groups attached to an aromatic ring is 1. The predicted octanol–water partition coefficient (Wildman–Crippen LogP) is 21.2. The van der Waals surface area contributed by atoms with Gasteiger partial charge in [0.05, 0.1) is 72.1 Å². The van der Waals surface area contributed by atoms with E-state index in [1.807, 2.05) is 104 Å². The molecular formula is C91H88Cl11N7O11S2. The molecule has 0 saturated carbocycles. The zero-order valence-corrected chi connectivity index (χ0v) is 77.1. The van der Waals surface area contributed by atoms with Crippen molar-refractivity contribution in [3.05, 3.63) is 316 Å². The molecule has 18 nitrogen and oxygen atoms in total. The highest BCUT2D eigenvalue weighted by Gasteiger charge is 2.37. The summed E-state index contributed by atoms with van der Waals surface area (Å²) < 4.78 is 50.5. The second-order valence-electron chi connectivity index (χ2n) is 29.8. The molecule has 0 unspecified atom stereocenters. The number of nitrogens with one attached hydrogen (secondary N) is 1. The Morgan fingerprint density at radius 3 is 0.795 bits per heavy atom. The number of fused-ring (bicyclic) bond motifs is 5. The van der Waals surface area contributed by atoms with Crippen LogP contribution in [-0.2, 0) is 107 Å². The van der Waals surface area contributed by atoms with Crippen LogP contribution >= 0.6 is 127 Å². The molecule has 642 valence electrons. The zero-order valence-electron chi connectivity index (χ0n) is 67.2. The summed E-state index contributed by atoms with van der Waals surface area (Å²) in [5, 5.41) is 24.8. The third-order valence-electron chi connectivity index (χ3n) is 22.9. The number of hydrogen-bond donors (Lipinski definition) is 4. The Morgan fingerprint density at radius 1 is 0.328 bits per heavy atom. The molecule has 10 aromatic carbocycles. The molecule has 0 fully saturated rings. The van der Waals surface area contributed by atoms with Gasteiger partial charge in [-0.15, -0.1) is 0 Å². The molecule has 5 heterocycles. The van der Waals surface area contributed by atoms with Crippen LogP contribution in [-0.4, -0.2) is 121 Å². The topological polar surface area (TPSA) is 248 Å². The zero-order chi connectivity index (χ0) is 88.5. The van der Waals surface area contributed by atoms with Crippen molar-refractivity contribution in [2.45, 2.75) is 139 Å². The third-order valence-corrected chi connectivity index (χ3v) is 29.4. The van der Waals surface area contributed by atoms with Crippen molar-refractivity contribution in [2.24, 2.45) is 0 Å². The molecule has 0 spiro atoms. The van der Waals surface area contributed by atoms with E-state index in [2.05, 4.69) is 4.72 Å². The molecule has 0 saturated heterocycles. The van der Waals surface area contributed by atoms with Gasteiger partial charge in [-0.05, 0) is 237 Å². The summed E-state index contributed by atoms with van der Waals surface area (Å²) in [7, 11) is -0.441. The van der Waals surface area contributed by atoms with E-state index >= 15 is 0 Å². The molecule has 31 heteroatoms. The van der Waals surface area contributed by atoms with Crippen molar-refractivity contribution in [1.29, 1.82) is 0 Å². The maximum absolute atomic E-state index is 12.9. The lowest BCUT2D eigenvalue weighted by molar-refractivity contribution is -0.133. The number of hydrogen-bond acceptors (Lipinski definition) is 12. The van der Waals surface area contributed by atoms with Crippen molar-refractivity contribution in [3.63, 3.8) is 0 Å². The first-order chi connectivity index (χ1) is 57.9. The average Bonchev–Trinajstić information content (AvgIpc) is 0.774. The predicted molar refractivity (Wildman–Crippen MR) is 489 cm³/mol. The number of nitrogens with zero attached hydrogens (tertiary/aromatic N) is 5. The fourth-order valence-electron chi connectivity index (χ4n) is 16.3. The van der Waals surface area contributed by atoms with E-state index in [0.717, 1.165) is 62.2 Å². The van der Waals surface area contributed by atoms with E-state index in [1.54, 1.807) is 131 Å². The van der Waals surface area contributed by atoms with Crippen molar-refractivity contribution >= 4 is 181 Å². The number of sulfonamides is 1. The van der Waals surface area contributed by atoms with E-state index in [4.69, 9.17) is 132 Å². The summed E-state index contributed by atoms with van der Waals surface area (Å²) in [5.74, 6) is 0.400. The van der Waals surface area contributed by atoms with Gasteiger partial charge in [0.2, 0.25) is 39.6 Å².